The second kappa shape index (κ2) is 8.76. The summed E-state index contributed by atoms with van der Waals surface area (Å²) in [7, 11) is 0. The second-order valence-electron chi connectivity index (χ2n) is 6.86. The van der Waals surface area contributed by atoms with Crippen molar-refractivity contribution in [1.82, 2.24) is 10.6 Å². The number of amides is 1. The zero-order valence-electron chi connectivity index (χ0n) is 14.4. The SMILES string of the molecule is CC(C)C(CNCc1cc(Cl)ccc1Cl)NC(=O)OC(C)(C)C. The van der Waals surface area contributed by atoms with Crippen molar-refractivity contribution in [2.24, 2.45) is 5.92 Å². The van der Waals surface area contributed by atoms with Crippen LogP contribution in [0.3, 0.4) is 0 Å². The minimum Gasteiger partial charge on any atom is -0.444 e. The summed E-state index contributed by atoms with van der Waals surface area (Å²) in [5.74, 6) is 0.268. The Kier molecular flexibility index (Phi) is 7.65. The minimum atomic E-state index is -0.507. The molecule has 0 spiro atoms. The molecule has 1 aromatic carbocycles. The van der Waals surface area contributed by atoms with Crippen LogP contribution in [0.5, 0.6) is 0 Å². The summed E-state index contributed by atoms with van der Waals surface area (Å²) in [5, 5.41) is 7.53. The van der Waals surface area contributed by atoms with Gasteiger partial charge in [0.05, 0.1) is 0 Å². The molecule has 6 heteroatoms. The number of halogens is 2. The maximum atomic E-state index is 11.9. The summed E-state index contributed by atoms with van der Waals surface area (Å²) in [6.07, 6.45) is -0.404. The third-order valence-corrected chi connectivity index (χ3v) is 3.80. The van der Waals surface area contributed by atoms with Gasteiger partial charge in [-0.05, 0) is 50.5 Å². The van der Waals surface area contributed by atoms with Crippen LogP contribution in [-0.2, 0) is 11.3 Å². The van der Waals surface area contributed by atoms with Gasteiger partial charge in [0.2, 0.25) is 0 Å². The number of rotatable bonds is 6. The molecule has 0 heterocycles. The van der Waals surface area contributed by atoms with Crippen LogP contribution in [-0.4, -0.2) is 24.3 Å². The molecule has 0 saturated heterocycles. The van der Waals surface area contributed by atoms with E-state index in [4.69, 9.17) is 27.9 Å². The fourth-order valence-corrected chi connectivity index (χ4v) is 2.33. The first kappa shape index (κ1) is 20.1. The number of carbonyl (C=O) groups is 1. The largest absolute Gasteiger partial charge is 0.444 e. The standard InChI is InChI=1S/C17H26Cl2N2O2/c1-11(2)15(21-16(22)23-17(3,4)5)10-20-9-12-8-13(18)6-7-14(12)19/h6-8,11,15,20H,9-10H2,1-5H3,(H,21,22). The Morgan fingerprint density at radius 1 is 1.26 bits per heavy atom. The lowest BCUT2D eigenvalue weighted by Crippen LogP contribution is -2.46. The molecule has 0 fully saturated rings. The third-order valence-electron chi connectivity index (χ3n) is 3.19. The molecule has 0 aromatic heterocycles. The molecule has 0 aliphatic rings. The Bertz CT molecular complexity index is 528. The van der Waals surface area contributed by atoms with Gasteiger partial charge in [-0.2, -0.15) is 0 Å². The number of hydrogen-bond acceptors (Lipinski definition) is 3. The van der Waals surface area contributed by atoms with Gasteiger partial charge in [-0.3, -0.25) is 0 Å². The fourth-order valence-electron chi connectivity index (χ4n) is 1.95. The minimum absolute atomic E-state index is 0.0391. The highest BCUT2D eigenvalue weighted by Gasteiger charge is 2.21. The van der Waals surface area contributed by atoms with Gasteiger partial charge in [0.1, 0.15) is 5.60 Å². The Balaban J connectivity index is 2.53. The molecule has 130 valence electrons. The summed E-state index contributed by atoms with van der Waals surface area (Å²) < 4.78 is 5.30. The average Bonchev–Trinajstić information content (AvgIpc) is 2.39. The predicted octanol–water partition coefficient (Wildman–Crippen LogP) is 4.63. The molecule has 0 aliphatic carbocycles. The van der Waals surface area contributed by atoms with Gasteiger partial charge >= 0.3 is 6.09 Å². The summed E-state index contributed by atoms with van der Waals surface area (Å²) >= 11 is 12.1. The third kappa shape index (κ3) is 7.91. The highest BCUT2D eigenvalue weighted by Crippen LogP contribution is 2.20. The van der Waals surface area contributed by atoms with Gasteiger partial charge < -0.3 is 15.4 Å². The van der Waals surface area contributed by atoms with E-state index in [0.29, 0.717) is 23.1 Å². The van der Waals surface area contributed by atoms with Crippen LogP contribution < -0.4 is 10.6 Å². The molecule has 23 heavy (non-hydrogen) atoms. The molecule has 1 unspecified atom stereocenters. The van der Waals surface area contributed by atoms with Gasteiger partial charge in [-0.1, -0.05) is 37.0 Å². The van der Waals surface area contributed by atoms with E-state index >= 15 is 0 Å². The lowest BCUT2D eigenvalue weighted by atomic mass is 10.0. The van der Waals surface area contributed by atoms with Gasteiger partial charge in [-0.25, -0.2) is 4.79 Å². The van der Waals surface area contributed by atoms with E-state index in [9.17, 15) is 4.79 Å². The molecule has 2 N–H and O–H groups in total. The highest BCUT2D eigenvalue weighted by molar-refractivity contribution is 6.33. The number of nitrogens with one attached hydrogen (secondary N) is 2. The quantitative estimate of drug-likeness (QED) is 0.777. The summed E-state index contributed by atoms with van der Waals surface area (Å²) in [6.45, 7) is 10.8. The maximum Gasteiger partial charge on any atom is 0.407 e. The van der Waals surface area contributed by atoms with Crippen molar-refractivity contribution in [2.75, 3.05) is 6.54 Å². The van der Waals surface area contributed by atoms with Crippen molar-refractivity contribution >= 4 is 29.3 Å². The molecule has 1 atom stereocenters. The lowest BCUT2D eigenvalue weighted by Gasteiger charge is -2.26. The van der Waals surface area contributed by atoms with E-state index in [1.807, 2.05) is 26.8 Å². The molecular weight excluding hydrogens is 335 g/mol. The van der Waals surface area contributed by atoms with E-state index < -0.39 is 11.7 Å². The normalized spacial score (nSPS) is 13.0. The van der Waals surface area contributed by atoms with Gasteiger partial charge in [0, 0.05) is 29.2 Å². The molecule has 1 rings (SSSR count). The number of alkyl carbamates (subject to hydrolysis) is 1. The zero-order chi connectivity index (χ0) is 17.6. The molecular formula is C17H26Cl2N2O2. The van der Waals surface area contributed by atoms with Crippen molar-refractivity contribution in [3.05, 3.63) is 33.8 Å². The summed E-state index contributed by atoms with van der Waals surface area (Å²) in [6, 6.07) is 5.33. The predicted molar refractivity (Wildman–Crippen MR) is 96.2 cm³/mol. The van der Waals surface area contributed by atoms with Crippen molar-refractivity contribution in [3.8, 4) is 0 Å². The van der Waals surface area contributed by atoms with E-state index in [1.54, 1.807) is 12.1 Å². The van der Waals surface area contributed by atoms with Gasteiger partial charge in [0.15, 0.2) is 0 Å². The molecule has 1 aromatic rings. The Morgan fingerprint density at radius 2 is 1.91 bits per heavy atom. The molecule has 0 aliphatic heterocycles. The summed E-state index contributed by atoms with van der Waals surface area (Å²) in [5.41, 5.74) is 0.423. The van der Waals surface area contributed by atoms with E-state index in [1.165, 1.54) is 0 Å². The number of hydrogen-bond donors (Lipinski definition) is 2. The molecule has 1 amide bonds. The molecule has 0 radical (unpaired) electrons. The molecule has 4 nitrogen and oxygen atoms in total. The zero-order valence-corrected chi connectivity index (χ0v) is 15.9. The van der Waals surface area contributed by atoms with Gasteiger partial charge in [0.25, 0.3) is 0 Å². The average molecular weight is 361 g/mol. The van der Waals surface area contributed by atoms with Crippen LogP contribution in [0.4, 0.5) is 4.79 Å². The molecule has 0 saturated carbocycles. The van der Waals surface area contributed by atoms with Crippen LogP contribution in [0.25, 0.3) is 0 Å². The van der Waals surface area contributed by atoms with Crippen LogP contribution in [0.2, 0.25) is 10.0 Å². The van der Waals surface area contributed by atoms with E-state index in [-0.39, 0.29) is 12.0 Å². The van der Waals surface area contributed by atoms with E-state index in [0.717, 1.165) is 5.56 Å². The van der Waals surface area contributed by atoms with Crippen LogP contribution in [0.1, 0.15) is 40.2 Å². The highest BCUT2D eigenvalue weighted by atomic mass is 35.5. The first-order valence-corrected chi connectivity index (χ1v) is 8.48. The smallest absolute Gasteiger partial charge is 0.407 e. The monoisotopic (exact) mass is 360 g/mol. The van der Waals surface area contributed by atoms with Crippen LogP contribution in [0.15, 0.2) is 18.2 Å². The van der Waals surface area contributed by atoms with Crippen LogP contribution >= 0.6 is 23.2 Å². The van der Waals surface area contributed by atoms with Crippen molar-refractivity contribution in [2.45, 2.75) is 52.8 Å². The first-order chi connectivity index (χ1) is 10.6. The van der Waals surface area contributed by atoms with E-state index in [2.05, 4.69) is 24.5 Å². The second-order valence-corrected chi connectivity index (χ2v) is 7.71. The van der Waals surface area contributed by atoms with Crippen LogP contribution in [0, 0.1) is 5.92 Å². The van der Waals surface area contributed by atoms with Crippen molar-refractivity contribution < 1.29 is 9.53 Å². The Morgan fingerprint density at radius 3 is 2.48 bits per heavy atom. The number of benzene rings is 1. The fraction of sp³-hybridized carbons (Fsp3) is 0.588. The Hall–Kier alpha value is -0.970. The maximum absolute atomic E-state index is 11.9. The first-order valence-electron chi connectivity index (χ1n) is 7.72. The summed E-state index contributed by atoms with van der Waals surface area (Å²) in [4.78, 5) is 11.9. The van der Waals surface area contributed by atoms with Gasteiger partial charge in [-0.15, -0.1) is 0 Å². The van der Waals surface area contributed by atoms with Crippen molar-refractivity contribution in [3.63, 3.8) is 0 Å². The van der Waals surface area contributed by atoms with Crippen molar-refractivity contribution in [1.29, 1.82) is 0 Å². The number of ether oxygens (including phenoxy) is 1. The lowest BCUT2D eigenvalue weighted by molar-refractivity contribution is 0.0490. The topological polar surface area (TPSA) is 50.4 Å². The number of carbonyl (C=O) groups excluding carboxylic acids is 1. The molecule has 0 bridgehead atoms. The Labute approximate surface area is 148 Å².